The fourth-order valence-corrected chi connectivity index (χ4v) is 2.78. The van der Waals surface area contributed by atoms with Crippen molar-refractivity contribution in [1.29, 1.82) is 0 Å². The smallest absolute Gasteiger partial charge is 0.369 e. The van der Waals surface area contributed by atoms with Crippen molar-refractivity contribution in [2.75, 3.05) is 37.6 Å². The van der Waals surface area contributed by atoms with E-state index in [9.17, 15) is 13.2 Å². The lowest BCUT2D eigenvalue weighted by Crippen LogP contribution is -2.46. The molecule has 0 aromatic heterocycles. The van der Waals surface area contributed by atoms with Crippen molar-refractivity contribution < 1.29 is 13.2 Å². The van der Waals surface area contributed by atoms with Crippen molar-refractivity contribution in [3.05, 3.63) is 36.8 Å². The molecular weight excluding hydrogens is 289 g/mol. The average Bonchev–Trinajstić information content (AvgIpc) is 2.51. The number of piperazine rings is 1. The maximum atomic E-state index is 12.6. The van der Waals surface area contributed by atoms with Gasteiger partial charge in [0.2, 0.25) is 0 Å². The quantitative estimate of drug-likeness (QED) is 0.726. The largest absolute Gasteiger partial charge is 0.416 e. The van der Waals surface area contributed by atoms with Crippen LogP contribution < -0.4 is 4.90 Å². The Morgan fingerprint density at radius 2 is 1.55 bits per heavy atom. The van der Waals surface area contributed by atoms with Gasteiger partial charge in [-0.05, 0) is 37.2 Å². The number of nitrogens with zero attached hydrogens (tertiary/aromatic N) is 2. The molecule has 0 spiro atoms. The summed E-state index contributed by atoms with van der Waals surface area (Å²) in [6, 6.07) is 5.49. The maximum absolute atomic E-state index is 12.6. The molecule has 0 saturated carbocycles. The lowest BCUT2D eigenvalue weighted by atomic mass is 10.1. The van der Waals surface area contributed by atoms with Crippen LogP contribution in [0, 0.1) is 6.92 Å². The van der Waals surface area contributed by atoms with Gasteiger partial charge in [-0.25, -0.2) is 0 Å². The molecule has 2 rings (SSSR count). The fourth-order valence-electron chi connectivity index (χ4n) is 2.78. The molecule has 0 amide bonds. The first-order valence-corrected chi connectivity index (χ1v) is 7.94. The summed E-state index contributed by atoms with van der Waals surface area (Å²) in [6.45, 7) is 8.66. The van der Waals surface area contributed by atoms with E-state index < -0.39 is 11.7 Å². The highest BCUT2D eigenvalue weighted by Crippen LogP contribution is 2.30. The molecule has 1 radical (unpaired) electrons. The Balaban J connectivity index is 1.79. The van der Waals surface area contributed by atoms with Gasteiger partial charge in [0.25, 0.3) is 0 Å². The highest BCUT2D eigenvalue weighted by atomic mass is 19.4. The first-order chi connectivity index (χ1) is 10.5. The van der Waals surface area contributed by atoms with Crippen LogP contribution in [0.1, 0.15) is 31.2 Å². The molecule has 22 heavy (non-hydrogen) atoms. The third kappa shape index (κ3) is 4.90. The van der Waals surface area contributed by atoms with E-state index in [1.807, 2.05) is 0 Å². The molecule has 0 N–H and O–H groups in total. The SMILES string of the molecule is [CH2]CCCCCN1CCN(c2ccc(C(F)(F)F)cc2)CC1. The van der Waals surface area contributed by atoms with E-state index in [4.69, 9.17) is 0 Å². The molecule has 0 aliphatic carbocycles. The monoisotopic (exact) mass is 313 g/mol. The normalized spacial score (nSPS) is 17.0. The van der Waals surface area contributed by atoms with E-state index in [-0.39, 0.29) is 0 Å². The first-order valence-electron chi connectivity index (χ1n) is 7.94. The minimum atomic E-state index is -4.26. The highest BCUT2D eigenvalue weighted by Gasteiger charge is 2.30. The second kappa shape index (κ2) is 7.86. The van der Waals surface area contributed by atoms with Crippen molar-refractivity contribution >= 4 is 5.69 Å². The van der Waals surface area contributed by atoms with Gasteiger partial charge < -0.3 is 4.90 Å². The van der Waals surface area contributed by atoms with Gasteiger partial charge in [-0.1, -0.05) is 26.2 Å². The van der Waals surface area contributed by atoms with Gasteiger partial charge in [0.1, 0.15) is 0 Å². The standard InChI is InChI=1S/C17H24F3N2/c1-2-3-4-5-10-21-11-13-22(14-12-21)16-8-6-15(7-9-16)17(18,19)20/h6-9H,1-5,10-14H2. The topological polar surface area (TPSA) is 6.48 Å². The van der Waals surface area contributed by atoms with Crippen LogP contribution in [0.2, 0.25) is 0 Å². The van der Waals surface area contributed by atoms with Crippen LogP contribution in [0.3, 0.4) is 0 Å². The van der Waals surface area contributed by atoms with Gasteiger partial charge >= 0.3 is 6.18 Å². The fraction of sp³-hybridized carbons (Fsp3) is 0.588. The summed E-state index contributed by atoms with van der Waals surface area (Å²) in [4.78, 5) is 4.59. The van der Waals surface area contributed by atoms with Crippen molar-refractivity contribution in [1.82, 2.24) is 4.90 Å². The number of halogens is 3. The third-order valence-electron chi connectivity index (χ3n) is 4.16. The van der Waals surface area contributed by atoms with Crippen LogP contribution in [0.4, 0.5) is 18.9 Å². The Labute approximate surface area is 130 Å². The van der Waals surface area contributed by atoms with Gasteiger partial charge in [-0.2, -0.15) is 13.2 Å². The minimum absolute atomic E-state index is 0.583. The molecular formula is C17H24F3N2. The van der Waals surface area contributed by atoms with Crippen LogP contribution in [-0.2, 0) is 6.18 Å². The van der Waals surface area contributed by atoms with Crippen molar-refractivity contribution in [3.8, 4) is 0 Å². The average molecular weight is 313 g/mol. The molecule has 1 fully saturated rings. The summed E-state index contributed by atoms with van der Waals surface area (Å²) < 4.78 is 37.7. The van der Waals surface area contributed by atoms with Crippen molar-refractivity contribution in [2.24, 2.45) is 0 Å². The summed E-state index contributed by atoms with van der Waals surface area (Å²) >= 11 is 0. The number of hydrogen-bond donors (Lipinski definition) is 0. The molecule has 0 bridgehead atoms. The molecule has 0 unspecified atom stereocenters. The van der Waals surface area contributed by atoms with Crippen LogP contribution >= 0.6 is 0 Å². The van der Waals surface area contributed by atoms with Crippen molar-refractivity contribution in [3.63, 3.8) is 0 Å². The van der Waals surface area contributed by atoms with Gasteiger partial charge in [0.05, 0.1) is 5.56 Å². The van der Waals surface area contributed by atoms with Gasteiger partial charge in [0.15, 0.2) is 0 Å². The van der Waals surface area contributed by atoms with Gasteiger partial charge in [-0.3, -0.25) is 4.90 Å². The van der Waals surface area contributed by atoms with Crippen LogP contribution in [0.15, 0.2) is 24.3 Å². The second-order valence-corrected chi connectivity index (χ2v) is 5.79. The molecule has 1 heterocycles. The minimum Gasteiger partial charge on any atom is -0.369 e. The second-order valence-electron chi connectivity index (χ2n) is 5.79. The summed E-state index contributed by atoms with van der Waals surface area (Å²) in [7, 11) is 0. The number of rotatable bonds is 6. The van der Waals surface area contributed by atoms with Gasteiger partial charge in [-0.15, -0.1) is 0 Å². The zero-order valence-electron chi connectivity index (χ0n) is 12.9. The Bertz CT molecular complexity index is 434. The first kappa shape index (κ1) is 17.1. The molecule has 1 saturated heterocycles. The maximum Gasteiger partial charge on any atom is 0.416 e. The summed E-state index contributed by atoms with van der Waals surface area (Å²) in [5, 5.41) is 0. The number of anilines is 1. The van der Waals surface area contributed by atoms with E-state index in [1.165, 1.54) is 31.4 Å². The number of benzene rings is 1. The third-order valence-corrected chi connectivity index (χ3v) is 4.16. The lowest BCUT2D eigenvalue weighted by molar-refractivity contribution is -0.137. The number of unbranched alkanes of at least 4 members (excludes halogenated alkanes) is 3. The Hall–Kier alpha value is -1.23. The van der Waals surface area contributed by atoms with E-state index in [0.717, 1.165) is 44.8 Å². The summed E-state index contributed by atoms with van der Waals surface area (Å²) in [5.41, 5.74) is 0.296. The molecule has 1 aliphatic heterocycles. The molecule has 5 heteroatoms. The zero-order chi connectivity index (χ0) is 16.0. The number of hydrogen-bond acceptors (Lipinski definition) is 2. The van der Waals surface area contributed by atoms with Crippen molar-refractivity contribution in [2.45, 2.75) is 31.9 Å². The number of alkyl halides is 3. The molecule has 1 aliphatic rings. The molecule has 0 atom stereocenters. The predicted octanol–water partition coefficient (Wildman–Crippen LogP) is 4.22. The molecule has 1 aromatic rings. The predicted molar refractivity (Wildman–Crippen MR) is 83.9 cm³/mol. The van der Waals surface area contributed by atoms with E-state index in [2.05, 4.69) is 16.7 Å². The lowest BCUT2D eigenvalue weighted by Gasteiger charge is -2.36. The van der Waals surface area contributed by atoms with Crippen LogP contribution in [0.5, 0.6) is 0 Å². The highest BCUT2D eigenvalue weighted by molar-refractivity contribution is 5.48. The Morgan fingerprint density at radius 3 is 2.09 bits per heavy atom. The van der Waals surface area contributed by atoms with Gasteiger partial charge in [0, 0.05) is 31.9 Å². The summed E-state index contributed by atoms with van der Waals surface area (Å²) in [6.07, 6.45) is 0.358. The molecule has 123 valence electrons. The zero-order valence-corrected chi connectivity index (χ0v) is 12.9. The molecule has 2 nitrogen and oxygen atoms in total. The summed E-state index contributed by atoms with van der Waals surface area (Å²) in [5.74, 6) is 0. The Morgan fingerprint density at radius 1 is 0.909 bits per heavy atom. The van der Waals surface area contributed by atoms with Crippen LogP contribution in [0.25, 0.3) is 0 Å². The van der Waals surface area contributed by atoms with E-state index in [0.29, 0.717) is 0 Å². The van der Waals surface area contributed by atoms with E-state index >= 15 is 0 Å². The Kier molecular flexibility index (Phi) is 6.12. The van der Waals surface area contributed by atoms with E-state index in [1.54, 1.807) is 12.1 Å². The van der Waals surface area contributed by atoms with Crippen LogP contribution in [-0.4, -0.2) is 37.6 Å². The molecule has 1 aromatic carbocycles.